The molecule has 2 aromatic heterocycles. The van der Waals surface area contributed by atoms with Gasteiger partial charge in [0, 0.05) is 21.4 Å². The van der Waals surface area contributed by atoms with Crippen molar-refractivity contribution in [3.63, 3.8) is 0 Å². The summed E-state index contributed by atoms with van der Waals surface area (Å²) >= 11 is 4.91. The predicted molar refractivity (Wildman–Crippen MR) is 175 cm³/mol. The lowest BCUT2D eigenvalue weighted by atomic mass is 9.93. The van der Waals surface area contributed by atoms with Crippen LogP contribution in [0.4, 0.5) is 0 Å². The Balaban J connectivity index is 1.78. The number of thiazole rings is 1. The van der Waals surface area contributed by atoms with Gasteiger partial charge in [0.1, 0.15) is 11.8 Å². The van der Waals surface area contributed by atoms with Crippen LogP contribution in [0.2, 0.25) is 0 Å². The van der Waals surface area contributed by atoms with E-state index in [-0.39, 0.29) is 12.2 Å². The molecule has 224 valence electrons. The van der Waals surface area contributed by atoms with Crippen LogP contribution in [0.15, 0.2) is 68.0 Å². The molecule has 0 spiro atoms. The highest BCUT2D eigenvalue weighted by molar-refractivity contribution is 9.10. The van der Waals surface area contributed by atoms with Crippen LogP contribution in [-0.4, -0.2) is 28.8 Å². The van der Waals surface area contributed by atoms with Gasteiger partial charge in [-0.25, -0.2) is 9.79 Å². The first-order valence-electron chi connectivity index (χ1n) is 14.4. The minimum Gasteiger partial charge on any atom is -0.496 e. The fourth-order valence-corrected chi connectivity index (χ4v) is 7.30. The molecule has 3 heterocycles. The second-order valence-electron chi connectivity index (χ2n) is 10.7. The van der Waals surface area contributed by atoms with Crippen molar-refractivity contribution in [1.29, 1.82) is 0 Å². The Bertz CT molecular complexity index is 1930. The fourth-order valence-electron chi connectivity index (χ4n) is 5.91. The maximum Gasteiger partial charge on any atom is 0.338 e. The second kappa shape index (κ2) is 12.5. The van der Waals surface area contributed by atoms with Gasteiger partial charge in [-0.2, -0.15) is 0 Å². The maximum absolute atomic E-state index is 14.3. The molecule has 0 fully saturated rings. The Kier molecular flexibility index (Phi) is 8.94. The first-order chi connectivity index (χ1) is 20.6. The molecule has 0 aliphatic carbocycles. The van der Waals surface area contributed by atoms with E-state index in [4.69, 9.17) is 14.5 Å². The van der Waals surface area contributed by atoms with Gasteiger partial charge in [-0.05, 0) is 88.1 Å². The van der Waals surface area contributed by atoms with Gasteiger partial charge < -0.3 is 14.0 Å². The molecular formula is C34H36BrN3O4S. The maximum atomic E-state index is 14.3. The first kappa shape index (κ1) is 30.8. The monoisotopic (exact) mass is 661 g/mol. The number of allylic oxidation sites excluding steroid dienone is 1. The summed E-state index contributed by atoms with van der Waals surface area (Å²) in [6.45, 7) is 12.4. The number of carbonyl (C=O) groups excluding carboxylic acids is 1. The molecule has 1 atom stereocenters. The summed E-state index contributed by atoms with van der Waals surface area (Å²) in [5.74, 6) is 0.0904. The largest absolute Gasteiger partial charge is 0.496 e. The van der Waals surface area contributed by atoms with Gasteiger partial charge >= 0.3 is 5.97 Å². The topological polar surface area (TPSA) is 74.8 Å². The number of rotatable bonds is 8. The summed E-state index contributed by atoms with van der Waals surface area (Å²) < 4.78 is 16.5. The number of hydrogen-bond acceptors (Lipinski definition) is 6. The predicted octanol–water partition coefficient (Wildman–Crippen LogP) is 6.37. The lowest BCUT2D eigenvalue weighted by Gasteiger charge is -2.27. The Labute approximate surface area is 263 Å². The molecule has 0 saturated heterocycles. The van der Waals surface area contributed by atoms with Crippen LogP contribution in [0.5, 0.6) is 5.75 Å². The van der Waals surface area contributed by atoms with Crippen molar-refractivity contribution in [1.82, 2.24) is 9.13 Å². The molecule has 2 aromatic carbocycles. The van der Waals surface area contributed by atoms with Crippen LogP contribution in [0.1, 0.15) is 66.4 Å². The number of esters is 1. The van der Waals surface area contributed by atoms with Crippen molar-refractivity contribution in [2.45, 2.75) is 60.4 Å². The summed E-state index contributed by atoms with van der Waals surface area (Å²) in [7, 11) is 1.59. The van der Waals surface area contributed by atoms with Crippen LogP contribution >= 0.6 is 27.3 Å². The van der Waals surface area contributed by atoms with E-state index >= 15 is 0 Å². The van der Waals surface area contributed by atoms with Crippen LogP contribution < -0.4 is 19.6 Å². The number of ether oxygens (including phenoxy) is 2. The third kappa shape index (κ3) is 5.56. The highest BCUT2D eigenvalue weighted by Gasteiger charge is 2.36. The van der Waals surface area contributed by atoms with E-state index in [0.717, 1.165) is 33.5 Å². The average Bonchev–Trinajstić information content (AvgIpc) is 3.42. The fraction of sp³-hybridized carbons (Fsp3) is 0.324. The number of aromatic nitrogens is 2. The highest BCUT2D eigenvalue weighted by Crippen LogP contribution is 2.38. The number of hydrogen-bond donors (Lipinski definition) is 0. The number of halogens is 1. The van der Waals surface area contributed by atoms with E-state index in [2.05, 4.69) is 72.5 Å². The lowest BCUT2D eigenvalue weighted by molar-refractivity contribution is -0.139. The molecule has 5 rings (SSSR count). The summed E-state index contributed by atoms with van der Waals surface area (Å²) in [5.41, 5.74) is 8.08. The van der Waals surface area contributed by atoms with E-state index < -0.39 is 12.0 Å². The molecule has 0 N–H and O–H groups in total. The summed E-state index contributed by atoms with van der Waals surface area (Å²) in [6, 6.07) is 13.3. The quantitative estimate of drug-likeness (QED) is 0.206. The zero-order valence-electron chi connectivity index (χ0n) is 25.6. The molecule has 0 amide bonds. The lowest BCUT2D eigenvalue weighted by Crippen LogP contribution is -2.40. The highest BCUT2D eigenvalue weighted by atomic mass is 79.9. The van der Waals surface area contributed by atoms with Gasteiger partial charge in [-0.15, -0.1) is 0 Å². The van der Waals surface area contributed by atoms with Gasteiger partial charge in [-0.1, -0.05) is 58.8 Å². The number of nitrogens with zero attached hydrogens (tertiary/aromatic N) is 3. The van der Waals surface area contributed by atoms with Gasteiger partial charge in [-0.3, -0.25) is 9.36 Å². The van der Waals surface area contributed by atoms with Crippen molar-refractivity contribution >= 4 is 39.3 Å². The summed E-state index contributed by atoms with van der Waals surface area (Å²) in [4.78, 5) is 33.3. The third-order valence-corrected chi connectivity index (χ3v) is 9.27. The first-order valence-corrected chi connectivity index (χ1v) is 16.0. The van der Waals surface area contributed by atoms with Crippen LogP contribution in [0.25, 0.3) is 11.8 Å². The number of aryl methyl sites for hydroxylation is 3. The number of para-hydroxylation sites is 1. The summed E-state index contributed by atoms with van der Waals surface area (Å²) in [6.07, 6.45) is 3.30. The second-order valence-corrected chi connectivity index (χ2v) is 12.6. The molecule has 1 aliphatic heterocycles. The van der Waals surface area contributed by atoms with Crippen LogP contribution in [0, 0.1) is 27.7 Å². The minimum atomic E-state index is -0.756. The number of benzene rings is 2. The number of methoxy groups -OCH3 is 1. The third-order valence-electron chi connectivity index (χ3n) is 7.80. The van der Waals surface area contributed by atoms with Crippen molar-refractivity contribution in [3.8, 4) is 11.4 Å². The van der Waals surface area contributed by atoms with Crippen molar-refractivity contribution < 1.29 is 14.3 Å². The van der Waals surface area contributed by atoms with Gasteiger partial charge in [0.2, 0.25) is 0 Å². The Hall–Kier alpha value is -3.69. The van der Waals surface area contributed by atoms with Crippen molar-refractivity contribution in [2.24, 2.45) is 4.99 Å². The molecule has 0 radical (unpaired) electrons. The molecule has 0 saturated carbocycles. The summed E-state index contributed by atoms with van der Waals surface area (Å²) in [5, 5.41) is 0. The molecular weight excluding hydrogens is 626 g/mol. The Morgan fingerprint density at radius 2 is 1.81 bits per heavy atom. The van der Waals surface area contributed by atoms with E-state index in [0.29, 0.717) is 38.3 Å². The molecule has 0 unspecified atom stereocenters. The molecule has 4 aromatic rings. The van der Waals surface area contributed by atoms with Crippen LogP contribution in [0.3, 0.4) is 0 Å². The van der Waals surface area contributed by atoms with Crippen molar-refractivity contribution in [3.05, 3.63) is 112 Å². The van der Waals surface area contributed by atoms with Gasteiger partial charge in [0.25, 0.3) is 5.56 Å². The number of fused-ring (bicyclic) bond motifs is 1. The van der Waals surface area contributed by atoms with E-state index in [1.807, 2.05) is 31.2 Å². The molecule has 0 bridgehead atoms. The van der Waals surface area contributed by atoms with E-state index in [1.165, 1.54) is 22.5 Å². The SMILES string of the molecule is CCCC1=C(C(=O)OCC)[C@H](c2cc(Br)ccc2OC)n2c(s/c(=C/c3cc(C)n(-c4c(C)cccc4C)c3C)c2=O)=N1. The Morgan fingerprint density at radius 1 is 1.09 bits per heavy atom. The van der Waals surface area contributed by atoms with Crippen LogP contribution in [-0.2, 0) is 9.53 Å². The standard InChI is InChI=1S/C34H36BrN3O4S/c1-8-11-26-29(33(40)42-9-2)31(25-18-24(35)14-15-27(25)41-7)38-32(39)28(43-34(38)36-26)17-23-16-21(5)37(22(23)6)30-19(3)12-10-13-20(30)4/h10,12-18,31H,8-9,11H2,1-7H3/b28-17+/t31-/m0/s1. The van der Waals surface area contributed by atoms with Gasteiger partial charge in [0.05, 0.1) is 35.2 Å². The van der Waals surface area contributed by atoms with Crippen molar-refractivity contribution in [2.75, 3.05) is 13.7 Å². The molecule has 1 aliphatic rings. The zero-order chi connectivity index (χ0) is 31.0. The molecule has 9 heteroatoms. The molecule has 7 nitrogen and oxygen atoms in total. The Morgan fingerprint density at radius 3 is 2.47 bits per heavy atom. The smallest absolute Gasteiger partial charge is 0.338 e. The zero-order valence-corrected chi connectivity index (χ0v) is 28.0. The number of carbonyl (C=O) groups is 1. The molecule has 43 heavy (non-hydrogen) atoms. The van der Waals surface area contributed by atoms with E-state index in [9.17, 15) is 9.59 Å². The average molecular weight is 663 g/mol. The minimum absolute atomic E-state index is 0.213. The normalized spacial score (nSPS) is 15.0. The van der Waals surface area contributed by atoms with Gasteiger partial charge in [0.15, 0.2) is 4.80 Å². The van der Waals surface area contributed by atoms with E-state index in [1.54, 1.807) is 18.6 Å².